The number of rotatable bonds is 5. The zero-order valence-electron chi connectivity index (χ0n) is 16.5. The number of fused-ring (bicyclic) bond motifs is 1. The SMILES string of the molecule is CC1(C)Cc2cc(C(=O)O)ccc2NC1c1ccc(NSc2ccccc2)cc1. The van der Waals surface area contributed by atoms with Crippen LogP contribution in [0.5, 0.6) is 0 Å². The summed E-state index contributed by atoms with van der Waals surface area (Å²) in [7, 11) is 0. The average Bonchev–Trinajstić information content (AvgIpc) is 2.72. The second kappa shape index (κ2) is 7.84. The summed E-state index contributed by atoms with van der Waals surface area (Å²) in [5, 5.41) is 12.9. The first-order valence-electron chi connectivity index (χ1n) is 9.63. The molecule has 0 bridgehead atoms. The van der Waals surface area contributed by atoms with Gasteiger partial charge in [0, 0.05) is 16.3 Å². The van der Waals surface area contributed by atoms with Crippen LogP contribution >= 0.6 is 11.9 Å². The number of carbonyl (C=O) groups is 1. The fourth-order valence-corrected chi connectivity index (χ4v) is 4.51. The number of benzene rings is 3. The van der Waals surface area contributed by atoms with Gasteiger partial charge in [0.25, 0.3) is 0 Å². The van der Waals surface area contributed by atoms with Crippen molar-refractivity contribution < 1.29 is 9.90 Å². The molecule has 3 aromatic rings. The zero-order chi connectivity index (χ0) is 20.4. The molecule has 4 rings (SSSR count). The first kappa shape index (κ1) is 19.4. The summed E-state index contributed by atoms with van der Waals surface area (Å²) in [4.78, 5) is 12.5. The summed E-state index contributed by atoms with van der Waals surface area (Å²) in [6, 6.07) is 24.2. The van der Waals surface area contributed by atoms with E-state index in [1.54, 1.807) is 24.1 Å². The van der Waals surface area contributed by atoms with Gasteiger partial charge in [-0.25, -0.2) is 4.79 Å². The molecule has 0 amide bonds. The van der Waals surface area contributed by atoms with Crippen LogP contribution in [0.25, 0.3) is 0 Å². The normalized spacial score (nSPS) is 17.1. The van der Waals surface area contributed by atoms with Crippen LogP contribution in [0.2, 0.25) is 0 Å². The molecule has 1 unspecified atom stereocenters. The van der Waals surface area contributed by atoms with Gasteiger partial charge in [-0.05, 0) is 77.4 Å². The molecule has 1 aliphatic rings. The smallest absolute Gasteiger partial charge is 0.335 e. The van der Waals surface area contributed by atoms with Crippen LogP contribution in [0.1, 0.15) is 41.4 Å². The molecule has 0 aliphatic carbocycles. The third kappa shape index (κ3) is 4.25. The van der Waals surface area contributed by atoms with Gasteiger partial charge in [-0.3, -0.25) is 0 Å². The highest BCUT2D eigenvalue weighted by atomic mass is 32.2. The standard InChI is InChI=1S/C24H24N2O2S/c1-24(2)15-18-14-17(23(27)28)10-13-21(18)25-22(24)16-8-11-19(12-9-16)26-29-20-6-4-3-5-7-20/h3-14,22,25-26H,15H2,1-2H3,(H,27,28). The molecular formula is C24H24N2O2S. The van der Waals surface area contributed by atoms with Gasteiger partial charge < -0.3 is 15.1 Å². The predicted octanol–water partition coefficient (Wildman–Crippen LogP) is 6.24. The fourth-order valence-electron chi connectivity index (χ4n) is 3.84. The van der Waals surface area contributed by atoms with E-state index in [1.165, 1.54) is 10.5 Å². The Morgan fingerprint density at radius 1 is 1.07 bits per heavy atom. The molecule has 0 aromatic heterocycles. The molecule has 0 fully saturated rings. The van der Waals surface area contributed by atoms with Gasteiger partial charge in [-0.2, -0.15) is 0 Å². The zero-order valence-corrected chi connectivity index (χ0v) is 17.3. The number of carboxylic acids is 1. The van der Waals surface area contributed by atoms with Gasteiger partial charge in [-0.1, -0.05) is 44.2 Å². The average molecular weight is 405 g/mol. The van der Waals surface area contributed by atoms with Gasteiger partial charge in [0.1, 0.15) is 0 Å². The van der Waals surface area contributed by atoms with Gasteiger partial charge in [-0.15, -0.1) is 0 Å². The van der Waals surface area contributed by atoms with Gasteiger partial charge in [0.2, 0.25) is 0 Å². The molecular weight excluding hydrogens is 380 g/mol. The maximum absolute atomic E-state index is 11.3. The van der Waals surface area contributed by atoms with Crippen LogP contribution in [0.3, 0.4) is 0 Å². The number of nitrogens with one attached hydrogen (secondary N) is 2. The van der Waals surface area contributed by atoms with Gasteiger partial charge in [0.05, 0.1) is 11.6 Å². The summed E-state index contributed by atoms with van der Waals surface area (Å²) in [6.45, 7) is 4.44. The lowest BCUT2D eigenvalue weighted by atomic mass is 9.73. The van der Waals surface area contributed by atoms with Crippen molar-refractivity contribution in [2.75, 3.05) is 10.0 Å². The molecule has 29 heavy (non-hydrogen) atoms. The topological polar surface area (TPSA) is 61.4 Å². The van der Waals surface area contributed by atoms with Crippen LogP contribution in [-0.4, -0.2) is 11.1 Å². The lowest BCUT2D eigenvalue weighted by Crippen LogP contribution is -2.35. The Balaban J connectivity index is 1.51. The van der Waals surface area contributed by atoms with Crippen LogP contribution in [0.4, 0.5) is 11.4 Å². The fraction of sp³-hybridized carbons (Fsp3) is 0.208. The molecule has 0 radical (unpaired) electrons. The van der Waals surface area contributed by atoms with Crippen molar-refractivity contribution in [2.24, 2.45) is 5.41 Å². The Hall–Kier alpha value is -2.92. The Morgan fingerprint density at radius 3 is 2.48 bits per heavy atom. The highest BCUT2D eigenvalue weighted by molar-refractivity contribution is 8.00. The highest BCUT2D eigenvalue weighted by Gasteiger charge is 2.36. The van der Waals surface area contributed by atoms with E-state index in [9.17, 15) is 9.90 Å². The van der Waals surface area contributed by atoms with Crippen LogP contribution in [0.15, 0.2) is 77.7 Å². The van der Waals surface area contributed by atoms with E-state index >= 15 is 0 Å². The lowest BCUT2D eigenvalue weighted by molar-refractivity contribution is 0.0696. The van der Waals surface area contributed by atoms with E-state index in [1.807, 2.05) is 24.3 Å². The summed E-state index contributed by atoms with van der Waals surface area (Å²) in [5.74, 6) is -0.885. The molecule has 3 aromatic carbocycles. The van der Waals surface area contributed by atoms with Crippen LogP contribution in [-0.2, 0) is 6.42 Å². The second-order valence-corrected chi connectivity index (χ2v) is 8.94. The monoisotopic (exact) mass is 404 g/mol. The van der Waals surface area contributed by atoms with E-state index in [0.717, 1.165) is 23.4 Å². The summed E-state index contributed by atoms with van der Waals surface area (Å²) >= 11 is 1.60. The highest BCUT2D eigenvalue weighted by Crippen LogP contribution is 2.45. The van der Waals surface area contributed by atoms with Crippen molar-refractivity contribution in [3.05, 3.63) is 89.5 Å². The van der Waals surface area contributed by atoms with Gasteiger partial charge in [0.15, 0.2) is 0 Å². The maximum Gasteiger partial charge on any atom is 0.335 e. The summed E-state index contributed by atoms with van der Waals surface area (Å²) < 4.78 is 3.38. The third-order valence-corrected chi connectivity index (χ3v) is 6.20. The van der Waals surface area contributed by atoms with Crippen LogP contribution < -0.4 is 10.0 Å². The van der Waals surface area contributed by atoms with E-state index in [-0.39, 0.29) is 11.5 Å². The van der Waals surface area contributed by atoms with Crippen molar-refractivity contribution in [1.29, 1.82) is 0 Å². The van der Waals surface area contributed by atoms with E-state index in [2.05, 4.69) is 60.3 Å². The Morgan fingerprint density at radius 2 is 1.79 bits per heavy atom. The van der Waals surface area contributed by atoms with Crippen LogP contribution in [0, 0.1) is 5.41 Å². The van der Waals surface area contributed by atoms with E-state index in [0.29, 0.717) is 5.56 Å². The molecule has 148 valence electrons. The lowest BCUT2D eigenvalue weighted by Gasteiger charge is -2.41. The largest absolute Gasteiger partial charge is 0.478 e. The number of hydrogen-bond donors (Lipinski definition) is 3. The summed E-state index contributed by atoms with van der Waals surface area (Å²) in [5.41, 5.74) is 4.65. The van der Waals surface area contributed by atoms with Crippen molar-refractivity contribution in [3.63, 3.8) is 0 Å². The van der Waals surface area contributed by atoms with Crippen molar-refractivity contribution >= 4 is 29.3 Å². The van der Waals surface area contributed by atoms with Gasteiger partial charge >= 0.3 is 5.97 Å². The molecule has 0 saturated heterocycles. The first-order valence-corrected chi connectivity index (χ1v) is 10.4. The minimum atomic E-state index is -0.885. The quantitative estimate of drug-likeness (QED) is 0.439. The number of anilines is 2. The maximum atomic E-state index is 11.3. The minimum Gasteiger partial charge on any atom is -0.478 e. The number of hydrogen-bond acceptors (Lipinski definition) is 4. The van der Waals surface area contributed by atoms with E-state index in [4.69, 9.17) is 0 Å². The molecule has 5 heteroatoms. The molecule has 0 saturated carbocycles. The molecule has 0 spiro atoms. The molecule has 4 nitrogen and oxygen atoms in total. The van der Waals surface area contributed by atoms with E-state index < -0.39 is 5.97 Å². The van der Waals surface area contributed by atoms with Crippen molar-refractivity contribution in [3.8, 4) is 0 Å². The predicted molar refractivity (Wildman–Crippen MR) is 120 cm³/mol. The summed E-state index contributed by atoms with van der Waals surface area (Å²) in [6.07, 6.45) is 0.824. The Kier molecular flexibility index (Phi) is 5.24. The van der Waals surface area contributed by atoms with Crippen molar-refractivity contribution in [2.45, 2.75) is 31.2 Å². The third-order valence-electron chi connectivity index (χ3n) is 5.35. The van der Waals surface area contributed by atoms with Crippen molar-refractivity contribution in [1.82, 2.24) is 0 Å². The Bertz CT molecular complexity index is 1020. The minimum absolute atomic E-state index is 0.0438. The molecule has 3 N–H and O–H groups in total. The number of aromatic carboxylic acids is 1. The first-order chi connectivity index (χ1) is 13.9. The Labute approximate surface area is 175 Å². The second-order valence-electron chi connectivity index (χ2n) is 8.06. The molecule has 1 heterocycles. The molecule has 1 aliphatic heterocycles. The molecule has 1 atom stereocenters. The number of carboxylic acid groups (broad SMARTS) is 1.